The summed E-state index contributed by atoms with van der Waals surface area (Å²) in [5, 5.41) is 9.77. The third-order valence-corrected chi connectivity index (χ3v) is 6.29. The quantitative estimate of drug-likeness (QED) is 0.155. The van der Waals surface area contributed by atoms with Crippen molar-refractivity contribution in [3.63, 3.8) is 0 Å². The van der Waals surface area contributed by atoms with Crippen LogP contribution in [0.25, 0.3) is 0 Å². The van der Waals surface area contributed by atoms with Crippen LogP contribution in [0, 0.1) is 23.7 Å². The van der Waals surface area contributed by atoms with Crippen molar-refractivity contribution in [2.75, 3.05) is 13.2 Å². The van der Waals surface area contributed by atoms with Crippen LogP contribution in [0.5, 0.6) is 11.5 Å². The second kappa shape index (κ2) is 16.7. The molecule has 1 aromatic rings. The minimum atomic E-state index is -1.44. The Morgan fingerprint density at radius 2 is 1.22 bits per heavy atom. The Morgan fingerprint density at radius 1 is 0.732 bits per heavy atom. The fourth-order valence-electron chi connectivity index (χ4n) is 3.46. The van der Waals surface area contributed by atoms with Crippen molar-refractivity contribution < 1.29 is 52.7 Å². The van der Waals surface area contributed by atoms with E-state index in [9.17, 15) is 24.3 Å². The molecule has 0 radical (unpaired) electrons. The van der Waals surface area contributed by atoms with Gasteiger partial charge in [0.25, 0.3) is 0 Å². The van der Waals surface area contributed by atoms with Gasteiger partial charge in [0.2, 0.25) is 0 Å². The number of hydrogen-bond donors (Lipinski definition) is 2. The molecule has 0 saturated carbocycles. The Hall–Kier alpha value is -3.54. The Bertz CT molecular complexity index is 1020. The molecular weight excluding hydrogens is 538 g/mol. The van der Waals surface area contributed by atoms with Crippen LogP contribution in [-0.4, -0.2) is 61.0 Å². The third-order valence-electron chi connectivity index (χ3n) is 6.29. The first-order valence-electron chi connectivity index (χ1n) is 13.7. The molecule has 232 valence electrons. The van der Waals surface area contributed by atoms with E-state index in [1.54, 1.807) is 20.8 Å². The van der Waals surface area contributed by atoms with Crippen molar-refractivity contribution in [3.8, 4) is 11.5 Å². The monoisotopic (exact) mass is 583 g/mol. The summed E-state index contributed by atoms with van der Waals surface area (Å²) in [5.41, 5.74) is 6.41. The van der Waals surface area contributed by atoms with Crippen LogP contribution in [0.15, 0.2) is 18.2 Å². The van der Waals surface area contributed by atoms with Gasteiger partial charge in [-0.25, -0.2) is 14.4 Å². The number of carboxylic acid groups (broad SMARTS) is 1. The summed E-state index contributed by atoms with van der Waals surface area (Å²) in [6.07, 6.45) is -4.18. The van der Waals surface area contributed by atoms with Gasteiger partial charge in [-0.05, 0) is 49.3 Å². The Morgan fingerprint density at radius 3 is 1.68 bits per heavy atom. The summed E-state index contributed by atoms with van der Waals surface area (Å²) >= 11 is 0. The van der Waals surface area contributed by atoms with E-state index in [2.05, 4.69) is 0 Å². The van der Waals surface area contributed by atoms with Gasteiger partial charge in [-0.3, -0.25) is 4.79 Å². The van der Waals surface area contributed by atoms with Crippen LogP contribution in [-0.2, 0) is 23.7 Å². The van der Waals surface area contributed by atoms with Crippen LogP contribution < -0.4 is 15.2 Å². The largest absolute Gasteiger partial charge is 0.513 e. The molecule has 3 N–H and O–H groups in total. The molecule has 0 aliphatic carbocycles. The lowest BCUT2D eigenvalue weighted by atomic mass is 9.79. The average Bonchev–Trinajstić information content (AvgIpc) is 2.87. The highest BCUT2D eigenvalue weighted by atomic mass is 16.7. The summed E-state index contributed by atoms with van der Waals surface area (Å²) in [7, 11) is 0. The Labute approximate surface area is 241 Å². The number of aliphatic carboxylic acids is 1. The molecule has 5 atom stereocenters. The SMILES string of the molecule is CC(C)COC(=O)Oc1ccc(C(C(C)C(C)OC(=O)OC(C)C(C)C)[C@H](N)C(=O)O)cc1OC(=O)OCC(C)C. The molecule has 0 aromatic heterocycles. The highest BCUT2D eigenvalue weighted by molar-refractivity contribution is 5.75. The second-order valence-electron chi connectivity index (χ2n) is 11.2. The van der Waals surface area contributed by atoms with E-state index in [1.165, 1.54) is 18.2 Å². The number of ether oxygens (including phenoxy) is 6. The molecule has 0 amide bonds. The number of carbonyl (C=O) groups excluding carboxylic acids is 3. The van der Waals surface area contributed by atoms with Gasteiger partial charge in [-0.15, -0.1) is 0 Å². The van der Waals surface area contributed by atoms with E-state index in [4.69, 9.17) is 34.2 Å². The molecule has 0 bridgehead atoms. The van der Waals surface area contributed by atoms with Crippen molar-refractivity contribution >= 4 is 24.4 Å². The van der Waals surface area contributed by atoms with E-state index < -0.39 is 54.5 Å². The molecule has 12 nitrogen and oxygen atoms in total. The topological polar surface area (TPSA) is 170 Å². The molecule has 4 unspecified atom stereocenters. The van der Waals surface area contributed by atoms with Gasteiger partial charge in [-0.1, -0.05) is 54.5 Å². The number of rotatable bonds is 14. The maximum atomic E-state index is 12.4. The van der Waals surface area contributed by atoms with Gasteiger partial charge < -0.3 is 39.3 Å². The third kappa shape index (κ3) is 12.2. The first-order chi connectivity index (χ1) is 19.0. The maximum absolute atomic E-state index is 12.4. The van der Waals surface area contributed by atoms with Crippen molar-refractivity contribution in [2.24, 2.45) is 29.4 Å². The van der Waals surface area contributed by atoms with Crippen LogP contribution in [0.4, 0.5) is 14.4 Å². The first kappa shape index (κ1) is 35.5. The standard InChI is InChI=1S/C29H45NO11/c1-15(2)13-36-27(33)40-22-11-10-21(12-23(22)41-28(34)37-14-16(3)4)24(25(30)26(31)32)18(7)20(9)39-29(35)38-19(8)17(5)6/h10-12,15-20,24-25H,13-14,30H2,1-9H3,(H,31,32)/t18?,19?,20?,24?,25-/m0/s1. The zero-order valence-corrected chi connectivity index (χ0v) is 25.4. The van der Waals surface area contributed by atoms with Crippen LogP contribution in [0.3, 0.4) is 0 Å². The molecule has 0 aliphatic rings. The average molecular weight is 584 g/mol. The van der Waals surface area contributed by atoms with Crippen LogP contribution >= 0.6 is 0 Å². The molecule has 0 aliphatic heterocycles. The van der Waals surface area contributed by atoms with E-state index in [0.717, 1.165) is 0 Å². The van der Waals surface area contributed by atoms with Gasteiger partial charge >= 0.3 is 24.4 Å². The second-order valence-corrected chi connectivity index (χ2v) is 11.2. The highest BCUT2D eigenvalue weighted by Crippen LogP contribution is 2.37. The lowest BCUT2D eigenvalue weighted by molar-refractivity contribution is -0.139. The summed E-state index contributed by atoms with van der Waals surface area (Å²) in [4.78, 5) is 48.9. The lowest BCUT2D eigenvalue weighted by Gasteiger charge is -2.32. The summed E-state index contributed by atoms with van der Waals surface area (Å²) in [5.74, 6) is -3.10. The maximum Gasteiger partial charge on any atom is 0.513 e. The van der Waals surface area contributed by atoms with E-state index in [-0.39, 0.29) is 42.5 Å². The molecule has 12 heteroatoms. The number of nitrogens with two attached hydrogens (primary N) is 1. The molecule has 1 aromatic carbocycles. The molecule has 0 fully saturated rings. The van der Waals surface area contributed by atoms with Crippen LogP contribution in [0.1, 0.15) is 73.8 Å². The van der Waals surface area contributed by atoms with Gasteiger partial charge in [-0.2, -0.15) is 0 Å². The fourth-order valence-corrected chi connectivity index (χ4v) is 3.46. The first-order valence-corrected chi connectivity index (χ1v) is 13.7. The van der Waals surface area contributed by atoms with E-state index in [0.29, 0.717) is 5.56 Å². The van der Waals surface area contributed by atoms with Gasteiger partial charge in [0.1, 0.15) is 18.2 Å². The van der Waals surface area contributed by atoms with Crippen LogP contribution in [0.2, 0.25) is 0 Å². The molecular formula is C29H45NO11. The fraction of sp³-hybridized carbons (Fsp3) is 0.655. The zero-order valence-electron chi connectivity index (χ0n) is 25.4. The predicted octanol–water partition coefficient (Wildman–Crippen LogP) is 5.75. The molecule has 1 rings (SSSR count). The van der Waals surface area contributed by atoms with Crippen molar-refractivity contribution in [2.45, 2.75) is 86.5 Å². The van der Waals surface area contributed by atoms with Crippen molar-refractivity contribution in [1.82, 2.24) is 0 Å². The summed E-state index contributed by atoms with van der Waals surface area (Å²) in [6, 6.07) is 2.70. The molecule has 0 saturated heterocycles. The van der Waals surface area contributed by atoms with Gasteiger partial charge in [0, 0.05) is 11.8 Å². The summed E-state index contributed by atoms with van der Waals surface area (Å²) < 4.78 is 31.4. The Balaban J connectivity index is 3.38. The predicted molar refractivity (Wildman–Crippen MR) is 149 cm³/mol. The van der Waals surface area contributed by atoms with E-state index >= 15 is 0 Å². The Kier molecular flexibility index (Phi) is 14.4. The number of benzene rings is 1. The smallest absolute Gasteiger partial charge is 0.480 e. The van der Waals surface area contributed by atoms with E-state index in [1.807, 2.05) is 41.5 Å². The van der Waals surface area contributed by atoms with Gasteiger partial charge in [0.05, 0.1) is 13.2 Å². The normalized spacial score (nSPS) is 15.0. The molecule has 0 spiro atoms. The lowest BCUT2D eigenvalue weighted by Crippen LogP contribution is -2.43. The molecule has 41 heavy (non-hydrogen) atoms. The number of hydrogen-bond acceptors (Lipinski definition) is 11. The van der Waals surface area contributed by atoms with Crippen molar-refractivity contribution in [3.05, 3.63) is 23.8 Å². The number of carboxylic acids is 1. The minimum Gasteiger partial charge on any atom is -0.480 e. The zero-order chi connectivity index (χ0) is 31.4. The minimum absolute atomic E-state index is 0.0334. The number of carbonyl (C=O) groups is 4. The highest BCUT2D eigenvalue weighted by Gasteiger charge is 2.36. The van der Waals surface area contributed by atoms with Gasteiger partial charge in [0.15, 0.2) is 11.5 Å². The van der Waals surface area contributed by atoms with Crippen molar-refractivity contribution in [1.29, 1.82) is 0 Å². The summed E-state index contributed by atoms with van der Waals surface area (Å²) in [6.45, 7) is 16.3. The molecule has 0 heterocycles.